The lowest BCUT2D eigenvalue weighted by Crippen LogP contribution is -2.34. The summed E-state index contributed by atoms with van der Waals surface area (Å²) in [7, 11) is 0. The van der Waals surface area contributed by atoms with Crippen molar-refractivity contribution in [3.05, 3.63) is 75.6 Å². The Balaban J connectivity index is 1.39. The van der Waals surface area contributed by atoms with E-state index in [4.69, 9.17) is 4.74 Å². The summed E-state index contributed by atoms with van der Waals surface area (Å²) in [6, 6.07) is 4.82. The quantitative estimate of drug-likeness (QED) is 0.207. The lowest BCUT2D eigenvalue weighted by Gasteiger charge is -2.30. The number of imide groups is 1. The summed E-state index contributed by atoms with van der Waals surface area (Å²) >= 11 is 0. The predicted octanol–water partition coefficient (Wildman–Crippen LogP) is 7.68. The minimum atomic E-state index is -5.13. The second kappa shape index (κ2) is 11.1. The number of aromatic hydroxyl groups is 1. The molecule has 5 nitrogen and oxygen atoms in total. The second-order valence-electron chi connectivity index (χ2n) is 11.2. The zero-order valence-electron chi connectivity index (χ0n) is 23.2. The molecule has 2 aromatic rings. The first kappa shape index (κ1) is 30.8. The van der Waals surface area contributed by atoms with Gasteiger partial charge in [-0.25, -0.2) is 9.29 Å². The summed E-state index contributed by atoms with van der Waals surface area (Å²) in [5, 5.41) is 9.43. The molecule has 5 rings (SSSR count). The summed E-state index contributed by atoms with van der Waals surface area (Å²) in [5.74, 6) is -5.31. The third kappa shape index (κ3) is 5.81. The van der Waals surface area contributed by atoms with Crippen LogP contribution in [0, 0.1) is 23.6 Å². The van der Waals surface area contributed by atoms with E-state index in [2.05, 4.69) is 0 Å². The minimum absolute atomic E-state index is 0.0437. The summed E-state index contributed by atoms with van der Waals surface area (Å²) < 4.78 is 101. The van der Waals surface area contributed by atoms with Gasteiger partial charge in [0, 0.05) is 5.92 Å². The summed E-state index contributed by atoms with van der Waals surface area (Å²) in [6.07, 6.45) is -7.00. The molecule has 0 unspecified atom stereocenters. The maximum Gasteiger partial charge on any atom is 0.416 e. The number of rotatable bonds is 6. The average Bonchev–Trinajstić information content (AvgIpc) is 3.46. The van der Waals surface area contributed by atoms with Gasteiger partial charge in [0.2, 0.25) is 11.8 Å². The first-order valence-electron chi connectivity index (χ1n) is 13.8. The molecular formula is C31H28F7NO4. The van der Waals surface area contributed by atoms with Crippen molar-refractivity contribution in [2.75, 3.05) is 11.5 Å². The van der Waals surface area contributed by atoms with Gasteiger partial charge in [-0.15, -0.1) is 0 Å². The highest BCUT2D eigenvalue weighted by molar-refractivity contribution is 6.22. The van der Waals surface area contributed by atoms with Crippen molar-refractivity contribution in [2.45, 2.75) is 58.0 Å². The van der Waals surface area contributed by atoms with Crippen LogP contribution in [0.5, 0.6) is 5.75 Å². The van der Waals surface area contributed by atoms with Gasteiger partial charge in [-0.2, -0.15) is 26.3 Å². The van der Waals surface area contributed by atoms with Crippen LogP contribution in [-0.4, -0.2) is 29.6 Å². The zero-order valence-corrected chi connectivity index (χ0v) is 23.2. The van der Waals surface area contributed by atoms with Crippen LogP contribution >= 0.6 is 0 Å². The molecule has 43 heavy (non-hydrogen) atoms. The van der Waals surface area contributed by atoms with Gasteiger partial charge in [-0.3, -0.25) is 9.59 Å². The Morgan fingerprint density at radius 2 is 1.65 bits per heavy atom. The van der Waals surface area contributed by atoms with Crippen molar-refractivity contribution in [3.8, 4) is 5.75 Å². The number of phenols is 1. The Labute approximate surface area is 242 Å². The van der Waals surface area contributed by atoms with Crippen molar-refractivity contribution in [1.82, 2.24) is 0 Å². The molecule has 2 amide bonds. The van der Waals surface area contributed by atoms with E-state index in [-0.39, 0.29) is 19.1 Å². The SMILES string of the molecule is CC/C(=C\c1ccc(O)c(F)c1)CC[C@H]1OC[C@H]2C1=C(C)C[C@H]1C(=O)N(c3cc(C(F)(F)F)cc(C(F)(F)F)c3)C(=O)[C@H]12. The number of ether oxygens (including phenoxy) is 1. The average molecular weight is 612 g/mol. The molecule has 0 saturated carbocycles. The number of nitrogens with zero attached hydrogens (tertiary/aromatic N) is 1. The molecule has 2 heterocycles. The lowest BCUT2D eigenvalue weighted by atomic mass is 9.70. The molecule has 12 heteroatoms. The van der Waals surface area contributed by atoms with Gasteiger partial charge in [-0.1, -0.05) is 30.2 Å². The van der Waals surface area contributed by atoms with Crippen LogP contribution in [0.4, 0.5) is 36.4 Å². The minimum Gasteiger partial charge on any atom is -0.505 e. The van der Waals surface area contributed by atoms with E-state index in [9.17, 15) is 45.4 Å². The lowest BCUT2D eigenvalue weighted by molar-refractivity contribution is -0.143. The zero-order chi connectivity index (χ0) is 31.4. The Hall–Kier alpha value is -3.67. The number of hydrogen-bond acceptors (Lipinski definition) is 4. The third-order valence-corrected chi connectivity index (χ3v) is 8.51. The molecule has 2 aliphatic heterocycles. The van der Waals surface area contributed by atoms with Crippen LogP contribution in [0.15, 0.2) is 53.1 Å². The Morgan fingerprint density at radius 1 is 1.00 bits per heavy atom. The second-order valence-corrected chi connectivity index (χ2v) is 11.2. The van der Waals surface area contributed by atoms with Gasteiger partial charge < -0.3 is 9.84 Å². The van der Waals surface area contributed by atoms with Gasteiger partial charge in [0.1, 0.15) is 0 Å². The Morgan fingerprint density at radius 3 is 2.23 bits per heavy atom. The Kier molecular flexibility index (Phi) is 7.95. The van der Waals surface area contributed by atoms with Crippen LogP contribution in [0.2, 0.25) is 0 Å². The van der Waals surface area contributed by atoms with Crippen molar-refractivity contribution in [2.24, 2.45) is 17.8 Å². The Bertz CT molecular complexity index is 1490. The van der Waals surface area contributed by atoms with E-state index in [0.717, 1.165) is 16.7 Å². The molecule has 2 saturated heterocycles. The predicted molar refractivity (Wildman–Crippen MR) is 142 cm³/mol. The van der Waals surface area contributed by atoms with Gasteiger partial charge >= 0.3 is 12.4 Å². The molecule has 0 aromatic heterocycles. The molecule has 1 N–H and O–H groups in total. The summed E-state index contributed by atoms with van der Waals surface area (Å²) in [6.45, 7) is 3.81. The maximum atomic E-state index is 13.8. The van der Waals surface area contributed by atoms with Crippen molar-refractivity contribution in [3.63, 3.8) is 0 Å². The normalized spacial score (nSPS) is 24.6. The molecule has 2 fully saturated rings. The maximum absolute atomic E-state index is 13.8. The number of hydrogen-bond donors (Lipinski definition) is 1. The van der Waals surface area contributed by atoms with E-state index in [0.29, 0.717) is 41.9 Å². The number of fused-ring (bicyclic) bond motifs is 3. The highest BCUT2D eigenvalue weighted by Crippen LogP contribution is 2.51. The molecule has 0 radical (unpaired) electrons. The summed E-state index contributed by atoms with van der Waals surface area (Å²) in [5.41, 5.74) is -0.790. The van der Waals surface area contributed by atoms with E-state index in [1.807, 2.05) is 13.0 Å². The first-order valence-corrected chi connectivity index (χ1v) is 13.8. The number of amides is 2. The van der Waals surface area contributed by atoms with Crippen LogP contribution < -0.4 is 4.90 Å². The van der Waals surface area contributed by atoms with Crippen LogP contribution in [0.3, 0.4) is 0 Å². The van der Waals surface area contributed by atoms with E-state index in [1.54, 1.807) is 13.0 Å². The fourth-order valence-electron chi connectivity index (χ4n) is 6.47. The molecule has 230 valence electrons. The largest absolute Gasteiger partial charge is 0.505 e. The molecule has 1 aliphatic carbocycles. The topological polar surface area (TPSA) is 66.8 Å². The third-order valence-electron chi connectivity index (χ3n) is 8.51. The molecular weight excluding hydrogens is 583 g/mol. The highest BCUT2D eigenvalue weighted by Gasteiger charge is 2.57. The van der Waals surface area contributed by atoms with Gasteiger partial charge in [0.05, 0.1) is 41.4 Å². The van der Waals surface area contributed by atoms with E-state index in [1.165, 1.54) is 12.1 Å². The van der Waals surface area contributed by atoms with Crippen molar-refractivity contribution < 1.29 is 50.2 Å². The fraction of sp³-hybridized carbons (Fsp3) is 0.419. The number of carbonyl (C=O) groups is 2. The van der Waals surface area contributed by atoms with E-state index >= 15 is 0 Å². The van der Waals surface area contributed by atoms with Crippen LogP contribution in [0.25, 0.3) is 6.08 Å². The smallest absolute Gasteiger partial charge is 0.416 e. The highest BCUT2D eigenvalue weighted by atomic mass is 19.4. The molecule has 0 spiro atoms. The number of allylic oxidation sites excluding steroid dienone is 2. The van der Waals surface area contributed by atoms with Gasteiger partial charge in [0.25, 0.3) is 0 Å². The van der Waals surface area contributed by atoms with Gasteiger partial charge in [0.15, 0.2) is 11.6 Å². The first-order chi connectivity index (χ1) is 20.1. The van der Waals surface area contributed by atoms with Crippen molar-refractivity contribution >= 4 is 23.6 Å². The van der Waals surface area contributed by atoms with E-state index < -0.39 is 76.4 Å². The fourth-order valence-corrected chi connectivity index (χ4v) is 6.47. The standard InChI is InChI=1S/C31H28F7NO4/c1-3-16(9-17-4-6-24(40)23(32)10-17)5-7-25-26-15(2)8-21-27(22(26)14-43-25)29(42)39(28(21)41)20-12-18(30(33,34)35)11-19(13-20)31(36,37)38/h4,6,9-13,21-22,25,27,40H,3,5,7-8,14H2,1-2H3/b16-9+/t21-,22+,25-,27-/m1/s1. The number of phenolic OH excluding ortho intramolecular Hbond substituents is 1. The summed E-state index contributed by atoms with van der Waals surface area (Å²) in [4.78, 5) is 27.5. The number of halogens is 7. The number of anilines is 1. The number of benzene rings is 2. The van der Waals surface area contributed by atoms with Gasteiger partial charge in [-0.05, 0) is 74.1 Å². The van der Waals surface area contributed by atoms with Crippen molar-refractivity contribution in [1.29, 1.82) is 0 Å². The number of alkyl halides is 6. The number of carbonyl (C=O) groups excluding carboxylic acids is 2. The monoisotopic (exact) mass is 611 g/mol. The molecule has 3 aliphatic rings. The molecule has 2 aromatic carbocycles. The van der Waals surface area contributed by atoms with Crippen LogP contribution in [0.1, 0.15) is 56.2 Å². The molecule has 0 bridgehead atoms. The van der Waals surface area contributed by atoms with Crippen LogP contribution in [-0.2, 0) is 26.7 Å². The molecule has 4 atom stereocenters.